The number of benzene rings is 2. The molecule has 35 heavy (non-hydrogen) atoms. The first-order chi connectivity index (χ1) is 16.6. The summed E-state index contributed by atoms with van der Waals surface area (Å²) >= 11 is 6.77. The summed E-state index contributed by atoms with van der Waals surface area (Å²) in [5, 5.41) is 5.80. The Bertz CT molecular complexity index is 1220. The van der Waals surface area contributed by atoms with Crippen molar-refractivity contribution in [1.29, 1.82) is 0 Å². The van der Waals surface area contributed by atoms with Gasteiger partial charge in [0.25, 0.3) is 0 Å². The van der Waals surface area contributed by atoms with Gasteiger partial charge in [0, 0.05) is 25.2 Å². The summed E-state index contributed by atoms with van der Waals surface area (Å²) in [6.45, 7) is 11.8. The molecule has 0 saturated heterocycles. The second-order valence-corrected chi connectivity index (χ2v) is 11.5. The van der Waals surface area contributed by atoms with Gasteiger partial charge in [-0.25, -0.2) is 18.5 Å². The molecule has 0 fully saturated rings. The molecule has 6 nitrogen and oxygen atoms in total. The molecule has 0 unspecified atom stereocenters. The molecule has 0 atom stereocenters. The number of rotatable bonds is 12. The van der Waals surface area contributed by atoms with E-state index in [0.717, 1.165) is 55.0 Å². The van der Waals surface area contributed by atoms with Gasteiger partial charge >= 0.3 is 0 Å². The van der Waals surface area contributed by atoms with E-state index >= 15 is 0 Å². The van der Waals surface area contributed by atoms with Crippen molar-refractivity contribution in [3.63, 3.8) is 0 Å². The zero-order chi connectivity index (χ0) is 25.6. The van der Waals surface area contributed by atoms with Crippen molar-refractivity contribution in [3.05, 3.63) is 70.5 Å². The van der Waals surface area contributed by atoms with Crippen molar-refractivity contribution in [2.75, 3.05) is 6.54 Å². The van der Waals surface area contributed by atoms with Crippen molar-refractivity contribution in [2.24, 2.45) is 11.1 Å². The molecule has 8 heteroatoms. The maximum absolute atomic E-state index is 11.6. The molecule has 190 valence electrons. The van der Waals surface area contributed by atoms with E-state index in [9.17, 15) is 8.42 Å². The van der Waals surface area contributed by atoms with E-state index in [-0.39, 0.29) is 4.90 Å². The van der Waals surface area contributed by atoms with E-state index in [2.05, 4.69) is 49.3 Å². The average molecular weight is 517 g/mol. The lowest BCUT2D eigenvalue weighted by atomic mass is 10.1. The molecule has 0 spiro atoms. The van der Waals surface area contributed by atoms with E-state index in [1.807, 2.05) is 24.3 Å². The van der Waals surface area contributed by atoms with Crippen LogP contribution in [0.2, 0.25) is 5.15 Å². The second kappa shape index (κ2) is 12.2. The van der Waals surface area contributed by atoms with Gasteiger partial charge in [0.1, 0.15) is 5.82 Å². The first-order valence-electron chi connectivity index (χ1n) is 12.2. The number of aromatic nitrogens is 2. The van der Waals surface area contributed by atoms with Gasteiger partial charge in [-0.05, 0) is 55.5 Å². The summed E-state index contributed by atoms with van der Waals surface area (Å²) in [4.78, 5) is 7.29. The number of halogens is 1. The van der Waals surface area contributed by atoms with Crippen LogP contribution >= 0.6 is 11.6 Å². The maximum Gasteiger partial charge on any atom is 0.238 e. The number of unbranched alkanes of at least 4 members (excludes halogenated alkanes) is 1. The minimum absolute atomic E-state index is 0.124. The zero-order valence-corrected chi connectivity index (χ0v) is 22.7. The lowest BCUT2D eigenvalue weighted by molar-refractivity contribution is 0.235. The predicted molar refractivity (Wildman–Crippen MR) is 144 cm³/mol. The van der Waals surface area contributed by atoms with Gasteiger partial charge < -0.3 is 4.57 Å². The molecule has 1 heterocycles. The largest absolute Gasteiger partial charge is 0.325 e. The Morgan fingerprint density at radius 2 is 1.77 bits per heavy atom. The third-order valence-electron chi connectivity index (χ3n) is 6.20. The average Bonchev–Trinajstić information content (AvgIpc) is 3.10. The van der Waals surface area contributed by atoms with Gasteiger partial charge in [-0.2, -0.15) is 0 Å². The predicted octanol–water partition coefficient (Wildman–Crippen LogP) is 6.01. The number of primary sulfonamides is 1. The van der Waals surface area contributed by atoms with E-state index in [4.69, 9.17) is 21.7 Å². The Kier molecular flexibility index (Phi) is 9.53. The van der Waals surface area contributed by atoms with Crippen LogP contribution in [0.1, 0.15) is 56.9 Å². The Morgan fingerprint density at radius 3 is 2.37 bits per heavy atom. The SMILES string of the molecule is CCCCn1c(-c2ccccc2C)nc(Cl)c1CN(CCC(C)C)Cc1ccc(S(N)(=O)=O)cc1. The molecule has 0 amide bonds. The van der Waals surface area contributed by atoms with Gasteiger partial charge in [-0.3, -0.25) is 4.90 Å². The molecule has 3 rings (SSSR count). The van der Waals surface area contributed by atoms with Crippen LogP contribution in [0.4, 0.5) is 0 Å². The first-order valence-corrected chi connectivity index (χ1v) is 14.2. The number of nitrogens with zero attached hydrogens (tertiary/aromatic N) is 3. The van der Waals surface area contributed by atoms with Crippen molar-refractivity contribution in [1.82, 2.24) is 14.5 Å². The van der Waals surface area contributed by atoms with E-state index in [1.165, 1.54) is 5.56 Å². The highest BCUT2D eigenvalue weighted by atomic mass is 35.5. The highest BCUT2D eigenvalue weighted by Gasteiger charge is 2.21. The number of imidazole rings is 1. The summed E-state index contributed by atoms with van der Waals surface area (Å²) < 4.78 is 25.5. The van der Waals surface area contributed by atoms with E-state index in [0.29, 0.717) is 24.2 Å². The van der Waals surface area contributed by atoms with Crippen LogP contribution in [0, 0.1) is 12.8 Å². The second-order valence-electron chi connectivity index (χ2n) is 9.58. The minimum Gasteiger partial charge on any atom is -0.325 e. The lowest BCUT2D eigenvalue weighted by Crippen LogP contribution is -2.26. The number of hydrogen-bond acceptors (Lipinski definition) is 4. The standard InChI is InChI=1S/C27H37ClN4O2S/c1-5-6-16-32-25(26(28)30-27(32)24-10-8-7-9-21(24)4)19-31(17-15-20(2)3)18-22-11-13-23(14-12-22)35(29,33)34/h7-14,20H,5-6,15-19H2,1-4H3,(H2,29,33,34). The zero-order valence-electron chi connectivity index (χ0n) is 21.2. The molecule has 1 aromatic heterocycles. The lowest BCUT2D eigenvalue weighted by Gasteiger charge is -2.25. The first kappa shape index (κ1) is 27.4. The number of sulfonamides is 1. The highest BCUT2D eigenvalue weighted by Crippen LogP contribution is 2.30. The van der Waals surface area contributed by atoms with Gasteiger partial charge in [0.2, 0.25) is 10.0 Å². The van der Waals surface area contributed by atoms with Gasteiger partial charge in [-0.15, -0.1) is 0 Å². The van der Waals surface area contributed by atoms with E-state index < -0.39 is 10.0 Å². The molecule has 0 aliphatic rings. The Morgan fingerprint density at radius 1 is 1.09 bits per heavy atom. The van der Waals surface area contributed by atoms with Crippen LogP contribution < -0.4 is 5.14 Å². The van der Waals surface area contributed by atoms with Crippen LogP contribution in [-0.4, -0.2) is 29.4 Å². The van der Waals surface area contributed by atoms with Crippen LogP contribution in [-0.2, 0) is 29.7 Å². The smallest absolute Gasteiger partial charge is 0.238 e. The Hall–Kier alpha value is -2.19. The summed E-state index contributed by atoms with van der Waals surface area (Å²) in [5.74, 6) is 1.48. The van der Waals surface area contributed by atoms with Crippen LogP contribution in [0.3, 0.4) is 0 Å². The molecule has 2 N–H and O–H groups in total. The number of aryl methyl sites for hydroxylation is 1. The molecule has 2 aromatic carbocycles. The highest BCUT2D eigenvalue weighted by molar-refractivity contribution is 7.89. The van der Waals surface area contributed by atoms with Gasteiger partial charge in [0.05, 0.1) is 10.6 Å². The maximum atomic E-state index is 11.6. The third-order valence-corrected chi connectivity index (χ3v) is 7.43. The molecule has 0 radical (unpaired) electrons. The molecular formula is C27H37ClN4O2S. The number of nitrogens with two attached hydrogens (primary N) is 1. The fourth-order valence-corrected chi connectivity index (χ4v) is 4.86. The molecule has 0 saturated carbocycles. The molecule has 3 aromatic rings. The summed E-state index contributed by atoms with van der Waals surface area (Å²) in [5.41, 5.74) is 4.31. The van der Waals surface area contributed by atoms with Crippen molar-refractivity contribution in [2.45, 2.75) is 71.5 Å². The number of hydrogen-bond donors (Lipinski definition) is 1. The Balaban J connectivity index is 1.94. The summed E-state index contributed by atoms with van der Waals surface area (Å²) in [6.07, 6.45) is 3.16. The topological polar surface area (TPSA) is 81.2 Å². The quantitative estimate of drug-likeness (QED) is 0.319. The monoisotopic (exact) mass is 516 g/mol. The fraction of sp³-hybridized carbons (Fsp3) is 0.444. The molecule has 0 aliphatic carbocycles. The van der Waals surface area contributed by atoms with Gasteiger partial charge in [0.15, 0.2) is 5.15 Å². The molecule has 0 bridgehead atoms. The van der Waals surface area contributed by atoms with Crippen molar-refractivity contribution >= 4 is 21.6 Å². The normalized spacial score (nSPS) is 12.1. The van der Waals surface area contributed by atoms with Gasteiger partial charge in [-0.1, -0.05) is 75.2 Å². The summed E-state index contributed by atoms with van der Waals surface area (Å²) in [7, 11) is -3.71. The molecular weight excluding hydrogens is 480 g/mol. The van der Waals surface area contributed by atoms with Crippen molar-refractivity contribution < 1.29 is 8.42 Å². The van der Waals surface area contributed by atoms with Crippen molar-refractivity contribution in [3.8, 4) is 11.4 Å². The van der Waals surface area contributed by atoms with Crippen LogP contribution in [0.5, 0.6) is 0 Å². The Labute approximate surface area is 215 Å². The van der Waals surface area contributed by atoms with Crippen LogP contribution in [0.15, 0.2) is 53.4 Å². The third kappa shape index (κ3) is 7.40. The van der Waals surface area contributed by atoms with E-state index in [1.54, 1.807) is 12.1 Å². The van der Waals surface area contributed by atoms with Crippen LogP contribution in [0.25, 0.3) is 11.4 Å². The minimum atomic E-state index is -3.71. The fourth-order valence-electron chi connectivity index (χ4n) is 4.10. The molecule has 0 aliphatic heterocycles. The summed E-state index contributed by atoms with van der Waals surface area (Å²) in [6, 6.07) is 15.1.